The van der Waals surface area contributed by atoms with Gasteiger partial charge in [0.1, 0.15) is 17.4 Å². The molecule has 5 heteroatoms. The predicted molar refractivity (Wildman–Crippen MR) is 131 cm³/mol. The SMILES string of the molecule is CCCCOc1ccc([C@@H]2[C@@H](CC[C@H](C)c3ccc(F)cc3)C(=O)N2c2ccc(F)cc2)cc1. The molecule has 3 atom stereocenters. The number of nitrogens with zero attached hydrogens (tertiary/aromatic N) is 1. The molecule has 0 saturated carbocycles. The first kappa shape index (κ1) is 23.9. The summed E-state index contributed by atoms with van der Waals surface area (Å²) in [5.74, 6) is 0.334. The van der Waals surface area contributed by atoms with Gasteiger partial charge in [0.15, 0.2) is 0 Å². The first-order chi connectivity index (χ1) is 16.5. The van der Waals surface area contributed by atoms with E-state index in [-0.39, 0.29) is 35.4 Å². The molecule has 3 aromatic carbocycles. The number of ether oxygens (including phenoxy) is 1. The van der Waals surface area contributed by atoms with Crippen molar-refractivity contribution in [1.29, 1.82) is 0 Å². The van der Waals surface area contributed by atoms with Crippen LogP contribution >= 0.6 is 0 Å². The number of anilines is 1. The van der Waals surface area contributed by atoms with Crippen molar-refractivity contribution >= 4 is 11.6 Å². The third kappa shape index (κ3) is 5.30. The second kappa shape index (κ2) is 10.8. The molecule has 1 aliphatic heterocycles. The zero-order valence-electron chi connectivity index (χ0n) is 19.7. The van der Waals surface area contributed by atoms with E-state index in [0.717, 1.165) is 36.1 Å². The zero-order chi connectivity index (χ0) is 24.1. The highest BCUT2D eigenvalue weighted by Gasteiger charge is 2.48. The van der Waals surface area contributed by atoms with Gasteiger partial charge in [-0.1, -0.05) is 44.5 Å². The minimum atomic E-state index is -0.327. The number of amides is 1. The van der Waals surface area contributed by atoms with Crippen molar-refractivity contribution in [3.05, 3.63) is 95.6 Å². The molecule has 34 heavy (non-hydrogen) atoms. The van der Waals surface area contributed by atoms with Gasteiger partial charge in [0.05, 0.1) is 18.6 Å². The van der Waals surface area contributed by atoms with E-state index in [1.165, 1.54) is 24.3 Å². The van der Waals surface area contributed by atoms with E-state index in [0.29, 0.717) is 18.7 Å². The first-order valence-corrected chi connectivity index (χ1v) is 12.0. The highest BCUT2D eigenvalue weighted by atomic mass is 19.1. The van der Waals surface area contributed by atoms with E-state index in [4.69, 9.17) is 4.74 Å². The Labute approximate surface area is 200 Å². The summed E-state index contributed by atoms with van der Waals surface area (Å²) in [5.41, 5.74) is 2.79. The zero-order valence-corrected chi connectivity index (χ0v) is 19.7. The number of hydrogen-bond acceptors (Lipinski definition) is 2. The first-order valence-electron chi connectivity index (χ1n) is 12.0. The summed E-state index contributed by atoms with van der Waals surface area (Å²) in [6.07, 6.45) is 3.61. The molecule has 0 N–H and O–H groups in total. The van der Waals surface area contributed by atoms with E-state index in [9.17, 15) is 13.6 Å². The van der Waals surface area contributed by atoms with Gasteiger partial charge < -0.3 is 9.64 Å². The van der Waals surface area contributed by atoms with Crippen LogP contribution in [0.1, 0.15) is 62.6 Å². The van der Waals surface area contributed by atoms with Crippen LogP contribution in [-0.2, 0) is 4.79 Å². The molecule has 3 aromatic rings. The number of unbranched alkanes of at least 4 members (excludes halogenated alkanes) is 1. The van der Waals surface area contributed by atoms with Crippen LogP contribution in [0.25, 0.3) is 0 Å². The highest BCUT2D eigenvalue weighted by molar-refractivity contribution is 6.03. The van der Waals surface area contributed by atoms with Gasteiger partial charge in [-0.05, 0) is 84.8 Å². The molecule has 0 aromatic heterocycles. The Bertz CT molecular complexity index is 1080. The Morgan fingerprint density at radius 2 is 1.53 bits per heavy atom. The molecule has 0 spiro atoms. The molecule has 0 unspecified atom stereocenters. The van der Waals surface area contributed by atoms with Crippen LogP contribution in [0, 0.1) is 17.6 Å². The summed E-state index contributed by atoms with van der Waals surface area (Å²) in [6.45, 7) is 4.91. The fourth-order valence-corrected chi connectivity index (χ4v) is 4.58. The van der Waals surface area contributed by atoms with Crippen LogP contribution in [0.15, 0.2) is 72.8 Å². The lowest BCUT2D eigenvalue weighted by Gasteiger charge is -2.48. The van der Waals surface area contributed by atoms with Crippen LogP contribution in [0.2, 0.25) is 0 Å². The van der Waals surface area contributed by atoms with Crippen molar-refractivity contribution in [2.75, 3.05) is 11.5 Å². The van der Waals surface area contributed by atoms with E-state index >= 15 is 0 Å². The Morgan fingerprint density at radius 3 is 2.15 bits per heavy atom. The standard InChI is InChI=1S/C29H31F2NO2/c1-3-4-19-34-26-16-8-22(9-17-26)28-27(18-5-20(2)21-6-10-23(30)11-7-21)29(33)32(28)25-14-12-24(31)13-15-25/h6-17,20,27-28H,3-5,18-19H2,1-2H3/t20-,27+,28+/m0/s1. The van der Waals surface area contributed by atoms with E-state index in [1.54, 1.807) is 17.0 Å². The van der Waals surface area contributed by atoms with Gasteiger partial charge >= 0.3 is 0 Å². The maximum Gasteiger partial charge on any atom is 0.233 e. The molecule has 4 rings (SSSR count). The number of halogens is 2. The molecule has 1 fully saturated rings. The van der Waals surface area contributed by atoms with Gasteiger partial charge in [0.25, 0.3) is 0 Å². The van der Waals surface area contributed by atoms with Crippen molar-refractivity contribution in [1.82, 2.24) is 0 Å². The topological polar surface area (TPSA) is 29.5 Å². The van der Waals surface area contributed by atoms with Gasteiger partial charge in [0, 0.05) is 5.69 Å². The van der Waals surface area contributed by atoms with Gasteiger partial charge in [0.2, 0.25) is 5.91 Å². The summed E-state index contributed by atoms with van der Waals surface area (Å²) in [5, 5.41) is 0. The Hall–Kier alpha value is -3.21. The summed E-state index contributed by atoms with van der Waals surface area (Å²) in [7, 11) is 0. The van der Waals surface area contributed by atoms with Crippen molar-refractivity contribution in [2.24, 2.45) is 5.92 Å². The van der Waals surface area contributed by atoms with Crippen molar-refractivity contribution < 1.29 is 18.3 Å². The lowest BCUT2D eigenvalue weighted by molar-refractivity contribution is -0.130. The number of hydrogen-bond donors (Lipinski definition) is 0. The number of β-lactam (4-membered cyclic amide) rings is 1. The minimum absolute atomic E-state index is 0.0474. The summed E-state index contributed by atoms with van der Waals surface area (Å²) in [6, 6.07) is 20.5. The molecule has 0 radical (unpaired) electrons. The van der Waals surface area contributed by atoms with Crippen molar-refractivity contribution in [2.45, 2.75) is 51.5 Å². The largest absolute Gasteiger partial charge is 0.494 e. The molecule has 0 aliphatic carbocycles. The van der Waals surface area contributed by atoms with Crippen LogP contribution in [0.3, 0.4) is 0 Å². The lowest BCUT2D eigenvalue weighted by Crippen LogP contribution is -2.55. The maximum atomic E-state index is 13.5. The molecule has 1 aliphatic rings. The Morgan fingerprint density at radius 1 is 0.912 bits per heavy atom. The quantitative estimate of drug-likeness (QED) is 0.231. The van der Waals surface area contributed by atoms with Crippen LogP contribution < -0.4 is 9.64 Å². The monoisotopic (exact) mass is 463 g/mol. The molecule has 1 amide bonds. The van der Waals surface area contributed by atoms with Gasteiger partial charge in [-0.2, -0.15) is 0 Å². The van der Waals surface area contributed by atoms with Gasteiger partial charge in [-0.3, -0.25) is 4.79 Å². The van der Waals surface area contributed by atoms with Crippen LogP contribution in [0.5, 0.6) is 5.75 Å². The second-order valence-corrected chi connectivity index (χ2v) is 9.04. The third-order valence-corrected chi connectivity index (χ3v) is 6.66. The Balaban J connectivity index is 1.52. The molecule has 0 bridgehead atoms. The minimum Gasteiger partial charge on any atom is -0.494 e. The summed E-state index contributed by atoms with van der Waals surface area (Å²) < 4.78 is 32.6. The third-order valence-electron chi connectivity index (χ3n) is 6.66. The molecule has 178 valence electrons. The summed E-state index contributed by atoms with van der Waals surface area (Å²) >= 11 is 0. The number of carbonyl (C=O) groups excluding carboxylic acids is 1. The maximum absolute atomic E-state index is 13.5. The summed E-state index contributed by atoms with van der Waals surface area (Å²) in [4.78, 5) is 15.0. The van der Waals surface area contributed by atoms with Crippen LogP contribution in [0.4, 0.5) is 14.5 Å². The number of benzene rings is 3. The van der Waals surface area contributed by atoms with E-state index < -0.39 is 0 Å². The smallest absolute Gasteiger partial charge is 0.233 e. The predicted octanol–water partition coefficient (Wildman–Crippen LogP) is 7.43. The van der Waals surface area contributed by atoms with Gasteiger partial charge in [-0.15, -0.1) is 0 Å². The normalized spacial score (nSPS) is 18.5. The average Bonchev–Trinajstić information content (AvgIpc) is 2.85. The Kier molecular flexibility index (Phi) is 7.61. The molecule has 3 nitrogen and oxygen atoms in total. The second-order valence-electron chi connectivity index (χ2n) is 9.04. The fourth-order valence-electron chi connectivity index (χ4n) is 4.58. The molecular weight excluding hydrogens is 432 g/mol. The van der Waals surface area contributed by atoms with E-state index in [1.807, 2.05) is 36.4 Å². The number of rotatable bonds is 10. The average molecular weight is 464 g/mol. The van der Waals surface area contributed by atoms with Crippen molar-refractivity contribution in [3.8, 4) is 5.75 Å². The van der Waals surface area contributed by atoms with Crippen molar-refractivity contribution in [3.63, 3.8) is 0 Å². The molecule has 1 saturated heterocycles. The molecular formula is C29H31F2NO2. The molecule has 1 heterocycles. The van der Waals surface area contributed by atoms with Gasteiger partial charge in [-0.25, -0.2) is 8.78 Å². The van der Waals surface area contributed by atoms with Crippen LogP contribution in [-0.4, -0.2) is 12.5 Å². The van der Waals surface area contributed by atoms with E-state index in [2.05, 4.69) is 13.8 Å². The number of carbonyl (C=O) groups is 1. The highest BCUT2D eigenvalue weighted by Crippen LogP contribution is 2.46. The lowest BCUT2D eigenvalue weighted by atomic mass is 9.77. The fraction of sp³-hybridized carbons (Fsp3) is 0.345.